The van der Waals surface area contributed by atoms with Crippen LogP contribution in [0.4, 0.5) is 4.79 Å². The smallest absolute Gasteiger partial charge is 0.315 e. The molecule has 29 heavy (non-hydrogen) atoms. The summed E-state index contributed by atoms with van der Waals surface area (Å²) in [4.78, 5) is 17.3. The Morgan fingerprint density at radius 2 is 2.00 bits per heavy atom. The van der Waals surface area contributed by atoms with E-state index in [1.165, 1.54) is 11.1 Å². The van der Waals surface area contributed by atoms with E-state index in [4.69, 9.17) is 4.74 Å². The number of hydrogen-bond acceptors (Lipinski definition) is 3. The molecule has 1 spiro atoms. The maximum Gasteiger partial charge on any atom is 0.315 e. The van der Waals surface area contributed by atoms with Crippen LogP contribution in [0.25, 0.3) is 5.65 Å². The number of carbonyl (C=O) groups is 1. The second kappa shape index (κ2) is 7.52. The molecule has 2 aromatic heterocycles. The van der Waals surface area contributed by atoms with Crippen molar-refractivity contribution in [3.05, 3.63) is 71.7 Å². The minimum Gasteiger partial charge on any atom is -0.381 e. The molecule has 0 radical (unpaired) electrons. The van der Waals surface area contributed by atoms with E-state index in [0.29, 0.717) is 13.0 Å². The molecule has 6 nitrogen and oxygen atoms in total. The lowest BCUT2D eigenvalue weighted by atomic mass is 9.74. The van der Waals surface area contributed by atoms with E-state index in [1.807, 2.05) is 35.0 Å². The first kappa shape index (κ1) is 18.2. The van der Waals surface area contributed by atoms with Gasteiger partial charge in [-0.1, -0.05) is 30.3 Å². The molecule has 1 aliphatic carbocycles. The van der Waals surface area contributed by atoms with Crippen LogP contribution in [-0.2, 0) is 17.6 Å². The molecule has 1 saturated heterocycles. The average Bonchev–Trinajstić information content (AvgIpc) is 3.28. The lowest BCUT2D eigenvalue weighted by Gasteiger charge is -2.39. The van der Waals surface area contributed by atoms with Crippen LogP contribution in [0.2, 0.25) is 0 Å². The highest BCUT2D eigenvalue weighted by atomic mass is 16.5. The molecule has 2 aliphatic rings. The van der Waals surface area contributed by atoms with Crippen molar-refractivity contribution in [3.63, 3.8) is 0 Å². The van der Waals surface area contributed by atoms with Gasteiger partial charge in [0.15, 0.2) is 0 Å². The predicted octanol–water partition coefficient (Wildman–Crippen LogP) is 3.27. The molecule has 150 valence electrons. The van der Waals surface area contributed by atoms with E-state index in [0.717, 1.165) is 43.8 Å². The van der Waals surface area contributed by atoms with Crippen LogP contribution < -0.4 is 10.6 Å². The zero-order valence-electron chi connectivity index (χ0n) is 16.4. The topological polar surface area (TPSA) is 67.7 Å². The summed E-state index contributed by atoms with van der Waals surface area (Å²) in [6, 6.07) is 14.4. The van der Waals surface area contributed by atoms with E-state index in [9.17, 15) is 4.79 Å². The van der Waals surface area contributed by atoms with Crippen molar-refractivity contribution in [2.24, 2.45) is 5.41 Å². The first-order valence-corrected chi connectivity index (χ1v) is 10.4. The first-order valence-electron chi connectivity index (χ1n) is 10.4. The van der Waals surface area contributed by atoms with E-state index in [2.05, 4.69) is 39.9 Å². The van der Waals surface area contributed by atoms with Crippen LogP contribution in [0, 0.1) is 5.41 Å². The fraction of sp³-hybridized carbons (Fsp3) is 0.391. The lowest BCUT2D eigenvalue weighted by Crippen LogP contribution is -2.46. The number of hydrogen-bond donors (Lipinski definition) is 2. The van der Waals surface area contributed by atoms with Gasteiger partial charge in [-0.2, -0.15) is 0 Å². The molecule has 1 aromatic carbocycles. The Morgan fingerprint density at radius 3 is 2.86 bits per heavy atom. The van der Waals surface area contributed by atoms with Gasteiger partial charge in [0.05, 0.1) is 11.7 Å². The Bertz CT molecular complexity index is 989. The van der Waals surface area contributed by atoms with Crippen molar-refractivity contribution in [2.45, 2.75) is 31.7 Å². The third-order valence-corrected chi connectivity index (χ3v) is 6.37. The molecule has 5 rings (SSSR count). The van der Waals surface area contributed by atoms with Crippen molar-refractivity contribution < 1.29 is 9.53 Å². The minimum absolute atomic E-state index is 0.0396. The third-order valence-electron chi connectivity index (χ3n) is 6.37. The first-order chi connectivity index (χ1) is 14.2. The van der Waals surface area contributed by atoms with Gasteiger partial charge in [-0.05, 0) is 42.5 Å². The van der Waals surface area contributed by atoms with Gasteiger partial charge >= 0.3 is 6.03 Å². The molecule has 2 N–H and O–H groups in total. The zero-order valence-corrected chi connectivity index (χ0v) is 16.4. The summed E-state index contributed by atoms with van der Waals surface area (Å²) >= 11 is 0. The minimum atomic E-state index is -0.110. The second-order valence-corrected chi connectivity index (χ2v) is 8.13. The molecule has 1 unspecified atom stereocenters. The number of imidazole rings is 1. The third kappa shape index (κ3) is 3.49. The highest BCUT2D eigenvalue weighted by molar-refractivity contribution is 5.75. The highest BCUT2D eigenvalue weighted by Gasteiger charge is 2.47. The quantitative estimate of drug-likeness (QED) is 0.718. The Balaban J connectivity index is 1.24. The Labute approximate surface area is 170 Å². The monoisotopic (exact) mass is 390 g/mol. The molecule has 2 amide bonds. The number of benzene rings is 1. The second-order valence-electron chi connectivity index (χ2n) is 8.13. The van der Waals surface area contributed by atoms with Gasteiger partial charge < -0.3 is 19.8 Å². The van der Waals surface area contributed by atoms with Crippen LogP contribution >= 0.6 is 0 Å². The molecule has 1 aliphatic heterocycles. The molecular weight excluding hydrogens is 364 g/mol. The Hall–Kier alpha value is -2.86. The van der Waals surface area contributed by atoms with Crippen molar-refractivity contribution in [1.82, 2.24) is 20.0 Å². The summed E-state index contributed by atoms with van der Waals surface area (Å²) in [6.07, 6.45) is 7.67. The maximum atomic E-state index is 12.7. The SMILES string of the molecule is O=C(NCCc1cn2ccccc2n1)NC1c2ccccc2CC12CCOCC2. The fourth-order valence-electron chi connectivity index (χ4n) is 4.86. The van der Waals surface area contributed by atoms with Crippen molar-refractivity contribution in [3.8, 4) is 0 Å². The van der Waals surface area contributed by atoms with Gasteiger partial charge in [-0.15, -0.1) is 0 Å². The van der Waals surface area contributed by atoms with Crippen molar-refractivity contribution in [2.75, 3.05) is 19.8 Å². The largest absolute Gasteiger partial charge is 0.381 e. The molecule has 3 heterocycles. The number of nitrogens with one attached hydrogen (secondary N) is 2. The summed E-state index contributed by atoms with van der Waals surface area (Å²) in [6.45, 7) is 2.09. The summed E-state index contributed by atoms with van der Waals surface area (Å²) in [7, 11) is 0. The summed E-state index contributed by atoms with van der Waals surface area (Å²) < 4.78 is 7.61. The van der Waals surface area contributed by atoms with Crippen LogP contribution in [0.3, 0.4) is 0 Å². The number of ether oxygens (including phenoxy) is 1. The van der Waals surface area contributed by atoms with E-state index in [1.54, 1.807) is 0 Å². The van der Waals surface area contributed by atoms with Gasteiger partial charge in [-0.3, -0.25) is 0 Å². The summed E-state index contributed by atoms with van der Waals surface area (Å²) in [5, 5.41) is 6.30. The molecule has 3 aromatic rings. The van der Waals surface area contributed by atoms with E-state index in [-0.39, 0.29) is 17.5 Å². The van der Waals surface area contributed by atoms with Crippen LogP contribution in [0.5, 0.6) is 0 Å². The number of fused-ring (bicyclic) bond motifs is 2. The fourth-order valence-corrected chi connectivity index (χ4v) is 4.86. The van der Waals surface area contributed by atoms with Gasteiger partial charge in [0.1, 0.15) is 5.65 Å². The van der Waals surface area contributed by atoms with E-state index < -0.39 is 0 Å². The number of rotatable bonds is 4. The Kier molecular flexibility index (Phi) is 4.72. The zero-order chi connectivity index (χ0) is 19.7. The van der Waals surface area contributed by atoms with Crippen LogP contribution in [0.1, 0.15) is 35.7 Å². The van der Waals surface area contributed by atoms with E-state index >= 15 is 0 Å². The number of aromatic nitrogens is 2. The number of urea groups is 1. The van der Waals surface area contributed by atoms with Crippen molar-refractivity contribution in [1.29, 1.82) is 0 Å². The van der Waals surface area contributed by atoms with Gasteiger partial charge in [0.25, 0.3) is 0 Å². The summed E-state index contributed by atoms with van der Waals surface area (Å²) in [5.41, 5.74) is 4.58. The average molecular weight is 390 g/mol. The van der Waals surface area contributed by atoms with Gasteiger partial charge in [0.2, 0.25) is 0 Å². The molecule has 1 fully saturated rings. The van der Waals surface area contributed by atoms with Crippen LogP contribution in [0.15, 0.2) is 54.9 Å². The lowest BCUT2D eigenvalue weighted by molar-refractivity contribution is 0.00215. The number of carbonyl (C=O) groups excluding carboxylic acids is 1. The summed E-state index contributed by atoms with van der Waals surface area (Å²) in [5.74, 6) is 0. The molecule has 6 heteroatoms. The predicted molar refractivity (Wildman–Crippen MR) is 111 cm³/mol. The van der Waals surface area contributed by atoms with Crippen molar-refractivity contribution >= 4 is 11.7 Å². The van der Waals surface area contributed by atoms with Crippen LogP contribution in [-0.4, -0.2) is 35.2 Å². The highest BCUT2D eigenvalue weighted by Crippen LogP contribution is 2.51. The van der Waals surface area contributed by atoms with Gasteiger partial charge in [-0.25, -0.2) is 9.78 Å². The standard InChI is InChI=1S/C23H26N4O2/c28-22(24-11-8-18-16-27-12-4-3-7-20(27)25-18)26-21-19-6-2-1-5-17(19)15-23(21)9-13-29-14-10-23/h1-7,12,16,21H,8-11,13-15H2,(H2,24,26,28). The number of nitrogens with zero attached hydrogens (tertiary/aromatic N) is 2. The molecular formula is C23H26N4O2. The number of amides is 2. The maximum absolute atomic E-state index is 12.7. The normalized spacial score (nSPS) is 19.9. The molecule has 1 atom stereocenters. The van der Waals surface area contributed by atoms with Gasteiger partial charge in [0, 0.05) is 44.0 Å². The molecule has 0 bridgehead atoms. The number of pyridine rings is 1. The molecule has 0 saturated carbocycles. The Morgan fingerprint density at radius 1 is 1.17 bits per heavy atom.